The SMILES string of the molecule is CCNC(=NCCC(=O)NC(C)CC)NCCn1cnnc1CC. The van der Waals surface area contributed by atoms with Gasteiger partial charge in [-0.3, -0.25) is 9.79 Å². The molecule has 0 aliphatic rings. The van der Waals surface area contributed by atoms with Crippen LogP contribution in [0, 0.1) is 0 Å². The molecule has 0 radical (unpaired) electrons. The molecule has 1 atom stereocenters. The molecule has 1 rings (SSSR count). The van der Waals surface area contributed by atoms with Gasteiger partial charge in [-0.15, -0.1) is 10.2 Å². The number of rotatable bonds is 10. The molecule has 0 saturated heterocycles. The maximum Gasteiger partial charge on any atom is 0.222 e. The lowest BCUT2D eigenvalue weighted by molar-refractivity contribution is -0.121. The Balaban J connectivity index is 2.38. The summed E-state index contributed by atoms with van der Waals surface area (Å²) in [5.74, 6) is 1.74. The highest BCUT2D eigenvalue weighted by molar-refractivity contribution is 5.80. The minimum Gasteiger partial charge on any atom is -0.357 e. The van der Waals surface area contributed by atoms with Crippen LogP contribution in [0.15, 0.2) is 11.3 Å². The maximum atomic E-state index is 11.8. The first-order valence-electron chi connectivity index (χ1n) is 8.78. The smallest absolute Gasteiger partial charge is 0.222 e. The Bertz CT molecular complexity index is 512. The van der Waals surface area contributed by atoms with E-state index < -0.39 is 0 Å². The summed E-state index contributed by atoms with van der Waals surface area (Å²) in [5, 5.41) is 17.4. The van der Waals surface area contributed by atoms with Gasteiger partial charge in [0.2, 0.25) is 5.91 Å². The Morgan fingerprint density at radius 1 is 1.33 bits per heavy atom. The molecule has 0 aromatic carbocycles. The van der Waals surface area contributed by atoms with Gasteiger partial charge in [-0.2, -0.15) is 0 Å². The van der Waals surface area contributed by atoms with Crippen LogP contribution in [0.4, 0.5) is 0 Å². The quantitative estimate of drug-likeness (QED) is 0.431. The lowest BCUT2D eigenvalue weighted by Crippen LogP contribution is -2.39. The second-order valence-electron chi connectivity index (χ2n) is 5.61. The molecule has 136 valence electrons. The van der Waals surface area contributed by atoms with Crippen molar-refractivity contribution in [2.45, 2.75) is 59.5 Å². The average Bonchev–Trinajstić information content (AvgIpc) is 3.02. The van der Waals surface area contributed by atoms with Crippen LogP contribution in [-0.4, -0.2) is 52.3 Å². The van der Waals surface area contributed by atoms with Crippen molar-refractivity contribution in [3.05, 3.63) is 12.2 Å². The third kappa shape index (κ3) is 7.43. The largest absolute Gasteiger partial charge is 0.357 e. The zero-order valence-corrected chi connectivity index (χ0v) is 15.3. The van der Waals surface area contributed by atoms with Gasteiger partial charge in [-0.1, -0.05) is 13.8 Å². The molecule has 1 aromatic heterocycles. The highest BCUT2D eigenvalue weighted by Gasteiger charge is 2.05. The lowest BCUT2D eigenvalue weighted by atomic mass is 10.2. The number of amides is 1. The Morgan fingerprint density at radius 2 is 2.12 bits per heavy atom. The summed E-state index contributed by atoms with van der Waals surface area (Å²) in [5.41, 5.74) is 0. The van der Waals surface area contributed by atoms with Gasteiger partial charge < -0.3 is 20.5 Å². The molecular formula is C16H31N7O. The molecule has 0 fully saturated rings. The molecule has 1 aromatic rings. The number of aliphatic imine (C=N–C) groups is 1. The van der Waals surface area contributed by atoms with Crippen LogP contribution in [0.2, 0.25) is 0 Å². The van der Waals surface area contributed by atoms with E-state index in [1.54, 1.807) is 6.33 Å². The number of hydrogen-bond donors (Lipinski definition) is 3. The van der Waals surface area contributed by atoms with Crippen molar-refractivity contribution in [3.63, 3.8) is 0 Å². The molecule has 0 spiro atoms. The fraction of sp³-hybridized carbons (Fsp3) is 0.750. The zero-order valence-electron chi connectivity index (χ0n) is 15.3. The lowest BCUT2D eigenvalue weighted by Gasteiger charge is -2.13. The summed E-state index contributed by atoms with van der Waals surface area (Å²) < 4.78 is 2.02. The molecule has 0 aliphatic heterocycles. The molecular weight excluding hydrogens is 306 g/mol. The maximum absolute atomic E-state index is 11.8. The Labute approximate surface area is 144 Å². The van der Waals surface area contributed by atoms with Crippen molar-refractivity contribution in [3.8, 4) is 0 Å². The Morgan fingerprint density at radius 3 is 2.79 bits per heavy atom. The van der Waals surface area contributed by atoms with E-state index in [2.05, 4.69) is 45.0 Å². The molecule has 24 heavy (non-hydrogen) atoms. The number of aryl methyl sites for hydroxylation is 1. The molecule has 0 bridgehead atoms. The van der Waals surface area contributed by atoms with Crippen LogP contribution in [0.25, 0.3) is 0 Å². The average molecular weight is 337 g/mol. The highest BCUT2D eigenvalue weighted by Crippen LogP contribution is 1.95. The number of nitrogens with zero attached hydrogens (tertiary/aromatic N) is 4. The van der Waals surface area contributed by atoms with E-state index in [1.807, 2.05) is 18.4 Å². The first-order chi connectivity index (χ1) is 11.6. The number of aromatic nitrogens is 3. The number of carbonyl (C=O) groups is 1. The number of nitrogens with one attached hydrogen (secondary N) is 3. The molecule has 1 amide bonds. The van der Waals surface area contributed by atoms with Gasteiger partial charge in [0.05, 0.1) is 6.54 Å². The first-order valence-corrected chi connectivity index (χ1v) is 8.78. The predicted molar refractivity (Wildman–Crippen MR) is 95.9 cm³/mol. The van der Waals surface area contributed by atoms with Crippen LogP contribution < -0.4 is 16.0 Å². The van der Waals surface area contributed by atoms with E-state index in [1.165, 1.54) is 0 Å². The minimum absolute atomic E-state index is 0.0426. The second-order valence-corrected chi connectivity index (χ2v) is 5.61. The van der Waals surface area contributed by atoms with E-state index in [4.69, 9.17) is 0 Å². The van der Waals surface area contributed by atoms with Crippen LogP contribution in [0.5, 0.6) is 0 Å². The standard InChI is InChI=1S/C16H31N7O/c1-5-13(4)21-15(24)8-9-18-16(17-7-3)19-10-11-23-12-20-22-14(23)6-2/h12-13H,5-11H2,1-4H3,(H,21,24)(H2,17,18,19). The van der Waals surface area contributed by atoms with Crippen molar-refractivity contribution in [1.29, 1.82) is 0 Å². The van der Waals surface area contributed by atoms with Gasteiger partial charge in [-0.05, 0) is 20.3 Å². The van der Waals surface area contributed by atoms with Crippen molar-refractivity contribution in [2.75, 3.05) is 19.6 Å². The highest BCUT2D eigenvalue weighted by atomic mass is 16.1. The van der Waals surface area contributed by atoms with Crippen molar-refractivity contribution >= 4 is 11.9 Å². The van der Waals surface area contributed by atoms with Gasteiger partial charge in [0.25, 0.3) is 0 Å². The van der Waals surface area contributed by atoms with Crippen molar-refractivity contribution < 1.29 is 4.79 Å². The van der Waals surface area contributed by atoms with Crippen LogP contribution in [-0.2, 0) is 17.8 Å². The number of guanidine groups is 1. The zero-order chi connectivity index (χ0) is 17.8. The van der Waals surface area contributed by atoms with Crippen molar-refractivity contribution in [2.24, 2.45) is 4.99 Å². The topological polar surface area (TPSA) is 96.2 Å². The van der Waals surface area contributed by atoms with Gasteiger partial charge in [0.1, 0.15) is 12.2 Å². The van der Waals surface area contributed by atoms with E-state index in [0.717, 1.165) is 44.3 Å². The third-order valence-corrected chi connectivity index (χ3v) is 3.63. The number of carbonyl (C=O) groups excluding carboxylic acids is 1. The van der Waals surface area contributed by atoms with Gasteiger partial charge >= 0.3 is 0 Å². The van der Waals surface area contributed by atoms with Gasteiger partial charge in [-0.25, -0.2) is 0 Å². The van der Waals surface area contributed by atoms with Gasteiger partial charge in [0, 0.05) is 38.5 Å². The molecule has 0 aliphatic carbocycles. The predicted octanol–water partition coefficient (Wildman–Crippen LogP) is 0.700. The molecule has 8 nitrogen and oxygen atoms in total. The van der Waals surface area contributed by atoms with E-state index >= 15 is 0 Å². The first kappa shape index (κ1) is 19.9. The minimum atomic E-state index is 0.0426. The molecule has 0 saturated carbocycles. The van der Waals surface area contributed by atoms with E-state index in [-0.39, 0.29) is 11.9 Å². The summed E-state index contributed by atoms with van der Waals surface area (Å²) in [6, 6.07) is 0.212. The van der Waals surface area contributed by atoms with Gasteiger partial charge in [0.15, 0.2) is 5.96 Å². The van der Waals surface area contributed by atoms with E-state index in [9.17, 15) is 4.79 Å². The summed E-state index contributed by atoms with van der Waals surface area (Å²) in [7, 11) is 0. The Kier molecular flexibility index (Phi) is 9.48. The monoisotopic (exact) mass is 337 g/mol. The molecule has 3 N–H and O–H groups in total. The molecule has 1 heterocycles. The summed E-state index contributed by atoms with van der Waals surface area (Å²) in [6.45, 7) is 10.9. The Hall–Kier alpha value is -2.12. The second kappa shape index (κ2) is 11.4. The van der Waals surface area contributed by atoms with E-state index in [0.29, 0.717) is 13.0 Å². The van der Waals surface area contributed by atoms with Crippen LogP contribution in [0.3, 0.4) is 0 Å². The van der Waals surface area contributed by atoms with Crippen molar-refractivity contribution in [1.82, 2.24) is 30.7 Å². The summed E-state index contributed by atoms with van der Waals surface area (Å²) in [4.78, 5) is 16.2. The fourth-order valence-corrected chi connectivity index (χ4v) is 2.09. The summed E-state index contributed by atoms with van der Waals surface area (Å²) in [6.07, 6.45) is 3.93. The molecule has 8 heteroatoms. The summed E-state index contributed by atoms with van der Waals surface area (Å²) >= 11 is 0. The third-order valence-electron chi connectivity index (χ3n) is 3.63. The van der Waals surface area contributed by atoms with Crippen LogP contribution in [0.1, 0.15) is 46.4 Å². The molecule has 1 unspecified atom stereocenters. The van der Waals surface area contributed by atoms with Crippen LogP contribution >= 0.6 is 0 Å². The number of hydrogen-bond acceptors (Lipinski definition) is 4. The fourth-order valence-electron chi connectivity index (χ4n) is 2.09. The normalized spacial score (nSPS) is 12.8.